The second kappa shape index (κ2) is 12.2. The molecule has 3 nitrogen and oxygen atoms in total. The molecule has 1 aromatic carbocycles. The van der Waals surface area contributed by atoms with Gasteiger partial charge in [0.2, 0.25) is 5.91 Å². The summed E-state index contributed by atoms with van der Waals surface area (Å²) in [5, 5.41) is 2.67. The second-order valence-electron chi connectivity index (χ2n) is 9.43. The Hall–Kier alpha value is -2.85. The monoisotopic (exact) mass is 488 g/mol. The molecule has 35 heavy (non-hydrogen) atoms. The van der Waals surface area contributed by atoms with Crippen LogP contribution in [0.4, 0.5) is 17.6 Å². The van der Waals surface area contributed by atoms with Crippen LogP contribution in [0.25, 0.3) is 0 Å². The Labute approximate surface area is 205 Å². The fraction of sp³-hybridized carbons (Fsp3) is 0.464. The van der Waals surface area contributed by atoms with Crippen molar-refractivity contribution in [3.05, 3.63) is 71.6 Å². The van der Waals surface area contributed by atoms with Gasteiger partial charge in [-0.2, -0.15) is 13.2 Å². The summed E-state index contributed by atoms with van der Waals surface area (Å²) in [5.74, 6) is 2.20. The SMILES string of the molecule is C#C/C=C\C=C/C/C=C\C1CCN(C2CC(C(=O)NCc3cc(F)cc(C(F)(F)F)c3)C2)CC1C. The van der Waals surface area contributed by atoms with Crippen molar-refractivity contribution < 1.29 is 22.4 Å². The van der Waals surface area contributed by atoms with Crippen LogP contribution in [0.1, 0.15) is 43.7 Å². The number of likely N-dealkylation sites (tertiary alicyclic amines) is 1. The molecule has 188 valence electrons. The van der Waals surface area contributed by atoms with Crippen molar-refractivity contribution in [1.82, 2.24) is 10.2 Å². The average molecular weight is 489 g/mol. The molecule has 0 spiro atoms. The maximum absolute atomic E-state index is 13.5. The fourth-order valence-electron chi connectivity index (χ4n) is 4.76. The molecule has 1 aromatic rings. The Morgan fingerprint density at radius 2 is 2.00 bits per heavy atom. The molecular weight excluding hydrogens is 456 g/mol. The van der Waals surface area contributed by atoms with Crippen molar-refractivity contribution in [3.8, 4) is 12.3 Å². The van der Waals surface area contributed by atoms with Crippen molar-refractivity contribution in [1.29, 1.82) is 0 Å². The van der Waals surface area contributed by atoms with Gasteiger partial charge in [0, 0.05) is 25.0 Å². The molecule has 2 aliphatic rings. The van der Waals surface area contributed by atoms with Gasteiger partial charge in [-0.05, 0) is 73.9 Å². The van der Waals surface area contributed by atoms with Crippen LogP contribution in [-0.2, 0) is 17.5 Å². The van der Waals surface area contributed by atoms with Gasteiger partial charge in [0.05, 0.1) is 5.56 Å². The van der Waals surface area contributed by atoms with Crippen molar-refractivity contribution in [3.63, 3.8) is 0 Å². The van der Waals surface area contributed by atoms with E-state index in [-0.39, 0.29) is 23.9 Å². The fourth-order valence-corrected chi connectivity index (χ4v) is 4.76. The first-order valence-electron chi connectivity index (χ1n) is 12.0. The van der Waals surface area contributed by atoms with E-state index in [2.05, 4.69) is 41.3 Å². The number of benzene rings is 1. The van der Waals surface area contributed by atoms with E-state index in [0.717, 1.165) is 50.9 Å². The van der Waals surface area contributed by atoms with Crippen molar-refractivity contribution in [2.75, 3.05) is 13.1 Å². The highest BCUT2D eigenvalue weighted by Crippen LogP contribution is 2.36. The summed E-state index contributed by atoms with van der Waals surface area (Å²) >= 11 is 0. The number of halogens is 4. The number of piperidine rings is 1. The predicted octanol–water partition coefficient (Wildman–Crippen LogP) is 5.89. The lowest BCUT2D eigenvalue weighted by atomic mass is 9.76. The first kappa shape index (κ1) is 26.7. The Morgan fingerprint density at radius 1 is 1.23 bits per heavy atom. The average Bonchev–Trinajstić information content (AvgIpc) is 2.76. The van der Waals surface area contributed by atoms with Crippen LogP contribution >= 0.6 is 0 Å². The normalized spacial score (nSPS) is 25.7. The van der Waals surface area contributed by atoms with Gasteiger partial charge in [-0.3, -0.25) is 4.79 Å². The zero-order chi connectivity index (χ0) is 25.4. The minimum absolute atomic E-state index is 0.102. The Balaban J connectivity index is 1.39. The number of hydrogen-bond acceptors (Lipinski definition) is 2. The van der Waals surface area contributed by atoms with Crippen LogP contribution in [0.15, 0.2) is 54.7 Å². The van der Waals surface area contributed by atoms with Gasteiger partial charge in [0.25, 0.3) is 0 Å². The van der Waals surface area contributed by atoms with E-state index in [1.54, 1.807) is 6.08 Å². The number of hydrogen-bond donors (Lipinski definition) is 1. The third-order valence-corrected chi connectivity index (χ3v) is 6.85. The predicted molar refractivity (Wildman–Crippen MR) is 129 cm³/mol. The van der Waals surface area contributed by atoms with E-state index >= 15 is 0 Å². The van der Waals surface area contributed by atoms with Gasteiger partial charge in [-0.25, -0.2) is 4.39 Å². The van der Waals surface area contributed by atoms with E-state index in [0.29, 0.717) is 23.9 Å². The van der Waals surface area contributed by atoms with Gasteiger partial charge in [-0.15, -0.1) is 6.42 Å². The molecule has 0 aromatic heterocycles. The van der Waals surface area contributed by atoms with Crippen LogP contribution in [0.2, 0.25) is 0 Å². The number of rotatable bonds is 8. The smallest absolute Gasteiger partial charge is 0.352 e. The number of nitrogens with zero attached hydrogens (tertiary/aromatic N) is 1. The Morgan fingerprint density at radius 3 is 2.69 bits per heavy atom. The van der Waals surface area contributed by atoms with Crippen LogP contribution in [0.3, 0.4) is 0 Å². The standard InChI is InChI=1S/C28H32F4N2O/c1-3-4-5-6-7-8-9-10-22-11-12-34(19-20(22)2)26-15-23(16-26)27(35)33-18-21-13-24(28(30,31)32)17-25(29)14-21/h1,4-7,9-10,13-14,17,20,22-23,26H,8,11-12,15-16,18-19H2,2H3,(H,33,35)/b5-4-,7-6-,10-9-. The highest BCUT2D eigenvalue weighted by atomic mass is 19.4. The third-order valence-electron chi connectivity index (χ3n) is 6.85. The topological polar surface area (TPSA) is 32.3 Å². The number of nitrogens with one attached hydrogen (secondary N) is 1. The molecule has 0 radical (unpaired) electrons. The molecule has 1 amide bonds. The van der Waals surface area contributed by atoms with Crippen molar-refractivity contribution >= 4 is 5.91 Å². The van der Waals surface area contributed by atoms with Crippen molar-refractivity contribution in [2.24, 2.45) is 17.8 Å². The molecule has 2 atom stereocenters. The van der Waals surface area contributed by atoms with Gasteiger partial charge in [-0.1, -0.05) is 43.2 Å². The maximum Gasteiger partial charge on any atom is 0.416 e. The van der Waals surface area contributed by atoms with Gasteiger partial charge in [0.1, 0.15) is 5.82 Å². The van der Waals surface area contributed by atoms with Gasteiger partial charge >= 0.3 is 6.18 Å². The van der Waals surface area contributed by atoms with Crippen LogP contribution in [-0.4, -0.2) is 29.9 Å². The van der Waals surface area contributed by atoms with E-state index in [9.17, 15) is 22.4 Å². The lowest BCUT2D eigenvalue weighted by molar-refractivity contribution is -0.137. The van der Waals surface area contributed by atoms with Crippen LogP contribution < -0.4 is 5.32 Å². The lowest BCUT2D eigenvalue weighted by Crippen LogP contribution is -2.53. The molecule has 0 bridgehead atoms. The minimum Gasteiger partial charge on any atom is -0.352 e. The molecule has 1 aliphatic carbocycles. The Kier molecular flexibility index (Phi) is 9.33. The van der Waals surface area contributed by atoms with E-state index in [4.69, 9.17) is 6.42 Å². The number of allylic oxidation sites excluding steroid dienone is 6. The third kappa shape index (κ3) is 7.83. The Bertz CT molecular complexity index is 999. The lowest BCUT2D eigenvalue weighted by Gasteiger charge is -2.46. The van der Waals surface area contributed by atoms with Gasteiger partial charge < -0.3 is 10.2 Å². The number of alkyl halides is 3. The zero-order valence-electron chi connectivity index (χ0n) is 19.9. The molecule has 1 saturated carbocycles. The molecule has 1 aliphatic heterocycles. The molecule has 2 unspecified atom stereocenters. The van der Waals surface area contributed by atoms with Crippen LogP contribution in [0.5, 0.6) is 0 Å². The number of terminal acetylenes is 1. The summed E-state index contributed by atoms with van der Waals surface area (Å²) in [6.45, 7) is 4.11. The van der Waals surface area contributed by atoms with Crippen LogP contribution in [0, 0.1) is 35.9 Å². The highest BCUT2D eigenvalue weighted by Gasteiger charge is 2.40. The van der Waals surface area contributed by atoms with Gasteiger partial charge in [0.15, 0.2) is 0 Å². The largest absolute Gasteiger partial charge is 0.416 e. The number of carbonyl (C=O) groups excluding carboxylic acids is 1. The summed E-state index contributed by atoms with van der Waals surface area (Å²) < 4.78 is 52.1. The molecule has 3 rings (SSSR count). The maximum atomic E-state index is 13.5. The summed E-state index contributed by atoms with van der Waals surface area (Å²) in [5.41, 5.74) is -0.948. The van der Waals surface area contributed by atoms with Crippen molar-refractivity contribution in [2.45, 2.75) is 51.4 Å². The summed E-state index contributed by atoms with van der Waals surface area (Å²) in [6.07, 6.45) is 15.9. The quantitative estimate of drug-likeness (QED) is 0.214. The molecular formula is C28H32F4N2O. The van der Waals surface area contributed by atoms with E-state index in [1.807, 2.05) is 12.2 Å². The summed E-state index contributed by atoms with van der Waals surface area (Å²) in [6, 6.07) is 2.71. The summed E-state index contributed by atoms with van der Waals surface area (Å²) in [7, 11) is 0. The molecule has 1 heterocycles. The second-order valence-corrected chi connectivity index (χ2v) is 9.43. The first-order chi connectivity index (χ1) is 16.7. The molecule has 1 N–H and O–H groups in total. The minimum atomic E-state index is -4.63. The molecule has 7 heteroatoms. The highest BCUT2D eigenvalue weighted by molar-refractivity contribution is 5.79. The van der Waals surface area contributed by atoms with E-state index < -0.39 is 17.6 Å². The first-order valence-corrected chi connectivity index (χ1v) is 12.0. The zero-order valence-corrected chi connectivity index (χ0v) is 19.9. The molecule has 2 fully saturated rings. The van der Waals surface area contributed by atoms with E-state index in [1.165, 1.54) is 0 Å². The number of amides is 1. The summed E-state index contributed by atoms with van der Waals surface area (Å²) in [4.78, 5) is 14.9. The molecule has 1 saturated heterocycles. The number of carbonyl (C=O) groups is 1.